The zero-order chi connectivity index (χ0) is 66.2. The highest BCUT2D eigenvalue weighted by Gasteiger charge is 2.54. The molecule has 5 amide bonds. The second kappa shape index (κ2) is 35.2. The predicted molar refractivity (Wildman–Crippen MR) is 356 cm³/mol. The molecule has 3 aliphatic heterocycles. The van der Waals surface area contributed by atoms with Crippen molar-refractivity contribution in [2.75, 3.05) is 19.6 Å². The van der Waals surface area contributed by atoms with Gasteiger partial charge in [0, 0.05) is 26.1 Å². The van der Waals surface area contributed by atoms with E-state index in [9.17, 15) is 4.79 Å². The van der Waals surface area contributed by atoms with Crippen LogP contribution in [0.4, 0.5) is 4.79 Å². The van der Waals surface area contributed by atoms with Gasteiger partial charge in [-0.1, -0.05) is 212 Å². The fraction of sp³-hybridized carbons (Fsp3) is 0.382. The van der Waals surface area contributed by atoms with Crippen molar-refractivity contribution in [2.45, 2.75) is 165 Å². The van der Waals surface area contributed by atoms with Crippen molar-refractivity contribution in [1.29, 1.82) is 0 Å². The molecule has 3 heterocycles. The maximum atomic E-state index is 15.8. The van der Waals surface area contributed by atoms with Crippen LogP contribution in [0.2, 0.25) is 0 Å². The van der Waals surface area contributed by atoms with E-state index in [2.05, 4.69) is 26.6 Å². The quantitative estimate of drug-likeness (QED) is 0.0336. The summed E-state index contributed by atoms with van der Waals surface area (Å²) in [4.78, 5) is 75.1. The molecule has 7 aromatic carbocycles. The Bertz CT molecular complexity index is 3470. The largest absolute Gasteiger partial charge is 0.444 e. The maximum Gasteiger partial charge on any atom is 0.407 e. The van der Waals surface area contributed by atoms with Crippen molar-refractivity contribution in [3.63, 3.8) is 0 Å². The maximum absolute atomic E-state index is 15.8. The molecule has 0 saturated carbocycles. The number of ether oxygens (including phenoxy) is 9. The van der Waals surface area contributed by atoms with E-state index in [0.717, 1.165) is 38.9 Å². The van der Waals surface area contributed by atoms with E-state index in [4.69, 9.17) is 42.6 Å². The number of benzene rings is 7. The second-order valence-electron chi connectivity index (χ2n) is 25.0. The first-order valence-electron chi connectivity index (χ1n) is 32.7. The highest BCUT2D eigenvalue weighted by molar-refractivity contribution is 5.91. The molecule has 12 atom stereocenters. The lowest BCUT2D eigenvalue weighted by Crippen LogP contribution is -2.68. The molecule has 19 nitrogen and oxygen atoms in total. The molecule has 5 N–H and O–H groups in total. The van der Waals surface area contributed by atoms with Crippen LogP contribution >= 0.6 is 0 Å². The molecule has 19 heteroatoms. The summed E-state index contributed by atoms with van der Waals surface area (Å²) in [5, 5.41) is 15.2. The minimum atomic E-state index is -1.49. The van der Waals surface area contributed by atoms with Crippen molar-refractivity contribution in [3.8, 4) is 0 Å². The molecule has 95 heavy (non-hydrogen) atoms. The lowest BCUT2D eigenvalue weighted by Gasteiger charge is -2.46. The lowest BCUT2D eigenvalue weighted by molar-refractivity contribution is -0.260. The molecule has 3 fully saturated rings. The summed E-state index contributed by atoms with van der Waals surface area (Å²) in [6.07, 6.45) is -11.5. The third-order valence-corrected chi connectivity index (χ3v) is 16.6. The van der Waals surface area contributed by atoms with Crippen LogP contribution in [-0.4, -0.2) is 128 Å². The van der Waals surface area contributed by atoms with Gasteiger partial charge >= 0.3 is 6.09 Å². The zero-order valence-corrected chi connectivity index (χ0v) is 54.0. The highest BCUT2D eigenvalue weighted by Crippen LogP contribution is 2.34. The predicted octanol–water partition coefficient (Wildman–Crippen LogP) is 9.19. The summed E-state index contributed by atoms with van der Waals surface area (Å²) in [6, 6.07) is 64.1. The van der Waals surface area contributed by atoms with Crippen molar-refractivity contribution in [2.24, 2.45) is 0 Å². The highest BCUT2D eigenvalue weighted by atomic mass is 16.6. The van der Waals surface area contributed by atoms with Crippen LogP contribution in [-0.2, 0) is 108 Å². The molecule has 500 valence electrons. The molecule has 4 bridgehead atoms. The Morgan fingerprint density at radius 1 is 0.400 bits per heavy atom. The van der Waals surface area contributed by atoms with E-state index in [0.29, 0.717) is 12.8 Å². The number of amides is 5. The van der Waals surface area contributed by atoms with Crippen LogP contribution in [0, 0.1) is 0 Å². The molecule has 0 unspecified atom stereocenters. The third-order valence-electron chi connectivity index (χ3n) is 16.6. The van der Waals surface area contributed by atoms with Crippen LogP contribution in [0.3, 0.4) is 0 Å². The Balaban J connectivity index is 1.06. The van der Waals surface area contributed by atoms with E-state index in [1.807, 2.05) is 212 Å². The van der Waals surface area contributed by atoms with Gasteiger partial charge in [0.2, 0.25) is 11.8 Å². The van der Waals surface area contributed by atoms with Crippen molar-refractivity contribution < 1.29 is 66.6 Å². The summed E-state index contributed by atoms with van der Waals surface area (Å²) in [5.41, 5.74) is 4.95. The summed E-state index contributed by atoms with van der Waals surface area (Å²) >= 11 is 0. The Labute approximate surface area is 556 Å². The standard InChI is InChI=1S/C76H87N5O14/c1-76(2,3)95-75(86)77-42-26-25-41-59-71(82)78-44-61-63(87-46-53-29-13-5-14-30-53)66(90-49-56-35-19-8-20-36-56)68(92-51-58-39-23-10-24-40-58)70(94-61)74(85)81-60(43-52-27-11-4-12-28-52)72(83)79-45-62-64(88-47-54-31-15-6-16-32-54)65(89-48-55-33-17-7-18-34-55)67(69(93-62)73(84)80-59)91-50-57-37-21-9-22-38-57/h4-24,27-40,59-70H,25-26,41-51H2,1-3H3,(H,77,86)(H,78,82)(H,79,83)(H,80,84)(H,81,85)/t59-,60+,61+,62+,63+,64+,65-,66-,67+,68+,69+,70+/m1/s1. The minimum absolute atomic E-state index is 0.0240. The molecular formula is C76H87N5O14. The molecule has 10 rings (SSSR count). The first-order valence-corrected chi connectivity index (χ1v) is 32.7. The van der Waals surface area contributed by atoms with Gasteiger partial charge in [-0.25, -0.2) is 4.79 Å². The van der Waals surface area contributed by atoms with Gasteiger partial charge in [-0.3, -0.25) is 19.2 Å². The van der Waals surface area contributed by atoms with Gasteiger partial charge < -0.3 is 69.2 Å². The normalized spacial score (nSPS) is 24.3. The van der Waals surface area contributed by atoms with Crippen LogP contribution in [0.25, 0.3) is 0 Å². The van der Waals surface area contributed by atoms with Gasteiger partial charge in [0.25, 0.3) is 11.8 Å². The summed E-state index contributed by atoms with van der Waals surface area (Å²) in [5.74, 6) is -2.58. The first-order chi connectivity index (χ1) is 46.3. The van der Waals surface area contributed by atoms with Crippen LogP contribution < -0.4 is 26.6 Å². The van der Waals surface area contributed by atoms with Gasteiger partial charge in [0.1, 0.15) is 66.5 Å². The third kappa shape index (κ3) is 20.9. The van der Waals surface area contributed by atoms with Gasteiger partial charge in [-0.15, -0.1) is 0 Å². The average Bonchev–Trinajstić information content (AvgIpc) is 0.789. The lowest BCUT2D eigenvalue weighted by atomic mass is 9.92. The molecule has 3 aliphatic rings. The second-order valence-corrected chi connectivity index (χ2v) is 25.0. The molecular weight excluding hydrogens is 1210 g/mol. The van der Waals surface area contributed by atoms with E-state index in [1.165, 1.54) is 0 Å². The van der Waals surface area contributed by atoms with E-state index < -0.39 is 108 Å². The summed E-state index contributed by atoms with van der Waals surface area (Å²) in [6.45, 7) is 5.36. The number of rotatable bonds is 25. The smallest absolute Gasteiger partial charge is 0.407 e. The monoisotopic (exact) mass is 1290 g/mol. The van der Waals surface area contributed by atoms with Gasteiger partial charge in [0.15, 0.2) is 12.2 Å². The van der Waals surface area contributed by atoms with Crippen LogP contribution in [0.5, 0.6) is 0 Å². The molecule has 0 spiro atoms. The number of hydrogen-bond donors (Lipinski definition) is 5. The number of carbonyl (C=O) groups is 5. The number of carbonyl (C=O) groups excluding carboxylic acids is 5. The molecule has 0 aliphatic carbocycles. The van der Waals surface area contributed by atoms with E-state index >= 15 is 19.2 Å². The molecule has 7 aromatic rings. The first kappa shape index (κ1) is 69.2. The Morgan fingerprint density at radius 2 is 0.705 bits per heavy atom. The SMILES string of the molecule is CC(C)(C)OC(=O)NCCCC[C@H]1NC(=O)[C@H]2O[C@@H](CNC(=O)[C@H](Cc3ccccc3)NC(=O)[C@H]3O[C@@H](CNC1=O)[C@H](OCc1ccccc1)[C@@H](OCc1ccccc1)[C@@H]3OCc1ccccc1)[C@H](OCc1ccccc1)[C@@H](OCc1ccccc1)[C@@H]2OCc1ccccc1. The van der Waals surface area contributed by atoms with Crippen LogP contribution in [0.1, 0.15) is 79.0 Å². The fourth-order valence-corrected chi connectivity index (χ4v) is 11.8. The van der Waals surface area contributed by atoms with Crippen molar-refractivity contribution in [1.82, 2.24) is 26.6 Å². The fourth-order valence-electron chi connectivity index (χ4n) is 11.8. The van der Waals surface area contributed by atoms with Gasteiger partial charge in [-0.05, 0) is 79.0 Å². The topological polar surface area (TPSA) is 229 Å². The molecule has 3 saturated heterocycles. The number of unbranched alkanes of at least 4 members (excludes halogenated alkanes) is 1. The Morgan fingerprint density at radius 3 is 1.05 bits per heavy atom. The number of fused-ring (bicyclic) bond motifs is 4. The summed E-state index contributed by atoms with van der Waals surface area (Å²) in [7, 11) is 0. The van der Waals surface area contributed by atoms with Crippen molar-refractivity contribution in [3.05, 3.63) is 251 Å². The zero-order valence-electron chi connectivity index (χ0n) is 54.0. The van der Waals surface area contributed by atoms with Gasteiger partial charge in [-0.2, -0.15) is 0 Å². The Hall–Kier alpha value is -8.63. The molecule has 0 radical (unpaired) electrons. The summed E-state index contributed by atoms with van der Waals surface area (Å²) < 4.78 is 61.1. The minimum Gasteiger partial charge on any atom is -0.444 e. The van der Waals surface area contributed by atoms with Crippen LogP contribution in [0.15, 0.2) is 212 Å². The average molecular weight is 1290 g/mol. The molecule has 0 aromatic heterocycles. The number of nitrogens with one attached hydrogen (secondary N) is 5. The Kier molecular flexibility index (Phi) is 25.7. The van der Waals surface area contributed by atoms with Gasteiger partial charge in [0.05, 0.1) is 39.6 Å². The van der Waals surface area contributed by atoms with Crippen molar-refractivity contribution >= 4 is 29.7 Å². The number of alkyl carbamates (subject to hydrolysis) is 1. The van der Waals surface area contributed by atoms with E-state index in [1.54, 1.807) is 20.8 Å². The van der Waals surface area contributed by atoms with E-state index in [-0.39, 0.29) is 72.1 Å². The number of hydrogen-bond acceptors (Lipinski definition) is 14.